The summed E-state index contributed by atoms with van der Waals surface area (Å²) in [5.74, 6) is 1.42. The van der Waals surface area contributed by atoms with Gasteiger partial charge >= 0.3 is 6.09 Å². The van der Waals surface area contributed by atoms with Crippen molar-refractivity contribution in [2.45, 2.75) is 64.6 Å². The molecule has 2 aliphatic heterocycles. The topological polar surface area (TPSA) is 74.3 Å². The first kappa shape index (κ1) is 22.4. The second-order valence-corrected chi connectivity index (χ2v) is 8.85. The lowest BCUT2D eigenvalue weighted by molar-refractivity contribution is -0.132. The Morgan fingerprint density at radius 3 is 2.23 bits per heavy atom. The van der Waals surface area contributed by atoms with Crippen molar-refractivity contribution in [3.8, 4) is 11.5 Å². The number of para-hydroxylation sites is 2. The Balaban J connectivity index is 1.54. The second-order valence-electron chi connectivity index (χ2n) is 8.85. The first-order valence-electron chi connectivity index (χ1n) is 10.7. The highest BCUT2D eigenvalue weighted by atomic mass is 16.6. The number of piperidine rings is 1. The van der Waals surface area contributed by atoms with Crippen LogP contribution in [0.4, 0.5) is 4.79 Å². The van der Waals surface area contributed by atoms with E-state index in [4.69, 9.17) is 18.9 Å². The number of Topliss-reactive ketones (excluding diaryl/α,β-unsaturated/α-hetero) is 1. The summed E-state index contributed by atoms with van der Waals surface area (Å²) in [5.41, 5.74) is -0.548. The van der Waals surface area contributed by atoms with Gasteiger partial charge in [-0.05, 0) is 52.7 Å². The number of morpholine rings is 1. The van der Waals surface area contributed by atoms with E-state index >= 15 is 0 Å². The molecule has 2 fully saturated rings. The van der Waals surface area contributed by atoms with Crippen molar-refractivity contribution in [3.05, 3.63) is 24.3 Å². The van der Waals surface area contributed by atoms with Crippen LogP contribution in [0.5, 0.6) is 11.5 Å². The van der Waals surface area contributed by atoms with Gasteiger partial charge in [0.1, 0.15) is 11.4 Å². The number of nitrogens with zero attached hydrogens (tertiary/aromatic N) is 1. The first-order valence-corrected chi connectivity index (χ1v) is 10.7. The van der Waals surface area contributed by atoms with E-state index in [1.807, 2.05) is 52.0 Å². The van der Waals surface area contributed by atoms with Gasteiger partial charge in [0, 0.05) is 12.3 Å². The summed E-state index contributed by atoms with van der Waals surface area (Å²) < 4.78 is 22.6. The highest BCUT2D eigenvalue weighted by molar-refractivity contribution is 5.82. The molecule has 0 N–H and O–H groups in total. The zero-order valence-corrected chi connectivity index (χ0v) is 18.4. The number of carbonyl (C=O) groups is 2. The van der Waals surface area contributed by atoms with Gasteiger partial charge < -0.3 is 18.9 Å². The number of hydrogen-bond acceptors (Lipinski definition) is 6. The van der Waals surface area contributed by atoms with Crippen molar-refractivity contribution >= 4 is 11.9 Å². The summed E-state index contributed by atoms with van der Waals surface area (Å²) >= 11 is 0. The van der Waals surface area contributed by atoms with Gasteiger partial charge in [-0.3, -0.25) is 9.69 Å². The summed E-state index contributed by atoms with van der Waals surface area (Å²) in [4.78, 5) is 27.3. The Bertz CT molecular complexity index is 729. The predicted molar refractivity (Wildman–Crippen MR) is 112 cm³/mol. The van der Waals surface area contributed by atoms with Gasteiger partial charge in [-0.2, -0.15) is 0 Å². The van der Waals surface area contributed by atoms with Crippen molar-refractivity contribution in [3.63, 3.8) is 0 Å². The van der Waals surface area contributed by atoms with E-state index in [-0.39, 0.29) is 29.9 Å². The smallest absolute Gasteiger partial charge is 0.410 e. The summed E-state index contributed by atoms with van der Waals surface area (Å²) in [5, 5.41) is 0. The third kappa shape index (κ3) is 5.65. The van der Waals surface area contributed by atoms with Crippen LogP contribution in [0.1, 0.15) is 47.0 Å². The number of rotatable bonds is 7. The Morgan fingerprint density at radius 1 is 1.07 bits per heavy atom. The number of ether oxygens (including phenoxy) is 4. The fraction of sp³-hybridized carbons (Fsp3) is 0.652. The molecule has 0 aromatic heterocycles. The van der Waals surface area contributed by atoms with E-state index in [0.717, 1.165) is 0 Å². The third-order valence-electron chi connectivity index (χ3n) is 5.34. The standard InChI is InChI=1S/C23H33NO6/c1-5-28-20-8-6-7-9-21(20)29-11-10-19(25)16-12-17-14-27-15-18(13-16)24(17)22(26)30-23(2,3)4/h6-9,16-18H,5,10-15H2,1-4H3. The zero-order valence-electron chi connectivity index (χ0n) is 18.4. The minimum Gasteiger partial charge on any atom is -0.490 e. The summed E-state index contributed by atoms with van der Waals surface area (Å²) in [6.45, 7) is 9.24. The Kier molecular flexibility index (Phi) is 7.23. The van der Waals surface area contributed by atoms with Crippen molar-refractivity contribution in [1.82, 2.24) is 4.90 Å². The predicted octanol–water partition coefficient (Wildman–Crippen LogP) is 3.84. The number of carbonyl (C=O) groups excluding carboxylic acids is 2. The van der Waals surface area contributed by atoms with E-state index in [0.29, 0.717) is 57.2 Å². The maximum absolute atomic E-state index is 12.8. The maximum atomic E-state index is 12.8. The van der Waals surface area contributed by atoms with E-state index < -0.39 is 5.60 Å². The van der Waals surface area contributed by atoms with Gasteiger partial charge in [-0.1, -0.05) is 12.1 Å². The van der Waals surface area contributed by atoms with Crippen molar-refractivity contribution in [1.29, 1.82) is 0 Å². The third-order valence-corrected chi connectivity index (χ3v) is 5.34. The number of fused-ring (bicyclic) bond motifs is 2. The van der Waals surface area contributed by atoms with Crippen molar-refractivity contribution < 1.29 is 28.5 Å². The molecule has 0 saturated carbocycles. The van der Waals surface area contributed by atoms with Crippen molar-refractivity contribution in [2.24, 2.45) is 5.92 Å². The van der Waals surface area contributed by atoms with Crippen LogP contribution in [-0.2, 0) is 14.3 Å². The summed E-state index contributed by atoms with van der Waals surface area (Å²) in [6.07, 6.45) is 1.22. The lowest BCUT2D eigenvalue weighted by Gasteiger charge is -2.47. The molecule has 7 nitrogen and oxygen atoms in total. The highest BCUT2D eigenvalue weighted by Gasteiger charge is 2.44. The molecule has 0 spiro atoms. The SMILES string of the molecule is CCOc1ccccc1OCCC(=O)C1CC2COCC(C1)N2C(=O)OC(C)(C)C. The minimum atomic E-state index is -0.548. The second kappa shape index (κ2) is 9.69. The highest BCUT2D eigenvalue weighted by Crippen LogP contribution is 2.34. The molecular formula is C23H33NO6. The molecule has 2 heterocycles. The van der Waals surface area contributed by atoms with Crippen LogP contribution in [0.25, 0.3) is 0 Å². The van der Waals surface area contributed by atoms with Crippen LogP contribution < -0.4 is 9.47 Å². The lowest BCUT2D eigenvalue weighted by Crippen LogP contribution is -2.60. The van der Waals surface area contributed by atoms with Gasteiger partial charge in [-0.15, -0.1) is 0 Å². The fourth-order valence-electron chi connectivity index (χ4n) is 4.10. The Labute approximate surface area is 178 Å². The number of benzene rings is 1. The van der Waals surface area contributed by atoms with Gasteiger partial charge in [0.05, 0.1) is 38.5 Å². The minimum absolute atomic E-state index is 0.0895. The molecule has 2 atom stereocenters. The molecule has 2 saturated heterocycles. The number of hydrogen-bond donors (Lipinski definition) is 0. The zero-order chi connectivity index (χ0) is 21.7. The molecule has 1 aromatic carbocycles. The van der Waals surface area contributed by atoms with Gasteiger partial charge in [0.2, 0.25) is 0 Å². The number of ketones is 1. The molecule has 7 heteroatoms. The van der Waals surface area contributed by atoms with Crippen LogP contribution in [0.2, 0.25) is 0 Å². The van der Waals surface area contributed by atoms with Gasteiger partial charge in [0.15, 0.2) is 11.5 Å². The van der Waals surface area contributed by atoms with Crippen molar-refractivity contribution in [2.75, 3.05) is 26.4 Å². The molecule has 0 aliphatic carbocycles. The quantitative estimate of drug-likeness (QED) is 0.669. The normalized spacial score (nSPS) is 23.6. The molecule has 2 aliphatic rings. The molecule has 166 valence electrons. The van der Waals surface area contributed by atoms with E-state index in [9.17, 15) is 9.59 Å². The Morgan fingerprint density at radius 2 is 1.67 bits per heavy atom. The average Bonchev–Trinajstić information content (AvgIpc) is 2.67. The van der Waals surface area contributed by atoms with Crippen LogP contribution in [-0.4, -0.2) is 60.9 Å². The van der Waals surface area contributed by atoms with Gasteiger partial charge in [-0.25, -0.2) is 4.79 Å². The molecule has 1 amide bonds. The maximum Gasteiger partial charge on any atom is 0.410 e. The van der Waals surface area contributed by atoms with Crippen LogP contribution in [0.15, 0.2) is 24.3 Å². The molecule has 3 rings (SSSR count). The summed E-state index contributed by atoms with van der Waals surface area (Å²) in [6, 6.07) is 7.22. The van der Waals surface area contributed by atoms with Crippen LogP contribution in [0, 0.1) is 5.92 Å². The lowest BCUT2D eigenvalue weighted by atomic mass is 9.82. The molecular weight excluding hydrogens is 386 g/mol. The molecule has 0 radical (unpaired) electrons. The Hall–Kier alpha value is -2.28. The molecule has 2 unspecified atom stereocenters. The van der Waals surface area contributed by atoms with Crippen LogP contribution in [0.3, 0.4) is 0 Å². The summed E-state index contributed by atoms with van der Waals surface area (Å²) in [7, 11) is 0. The van der Waals surface area contributed by atoms with Gasteiger partial charge in [0.25, 0.3) is 0 Å². The fourth-order valence-corrected chi connectivity index (χ4v) is 4.10. The van der Waals surface area contributed by atoms with E-state index in [1.165, 1.54) is 0 Å². The average molecular weight is 420 g/mol. The largest absolute Gasteiger partial charge is 0.490 e. The molecule has 30 heavy (non-hydrogen) atoms. The van der Waals surface area contributed by atoms with E-state index in [2.05, 4.69) is 0 Å². The number of amides is 1. The van der Waals surface area contributed by atoms with Crippen LogP contribution >= 0.6 is 0 Å². The molecule has 2 bridgehead atoms. The monoisotopic (exact) mass is 419 g/mol. The first-order chi connectivity index (χ1) is 14.3. The molecule has 1 aromatic rings. The van der Waals surface area contributed by atoms with E-state index in [1.54, 1.807) is 4.90 Å².